The van der Waals surface area contributed by atoms with Crippen LogP contribution in [-0.2, 0) is 10.8 Å². The zero-order valence-corrected chi connectivity index (χ0v) is 35.7. The van der Waals surface area contributed by atoms with E-state index in [4.69, 9.17) is 9.97 Å². The summed E-state index contributed by atoms with van der Waals surface area (Å²) in [5, 5.41) is 12.0. The normalized spacial score (nSPS) is 12.2. The molecule has 0 amide bonds. The van der Waals surface area contributed by atoms with E-state index in [0.717, 1.165) is 73.1 Å². The molecule has 4 heteroatoms. The van der Waals surface area contributed by atoms with Crippen LogP contribution < -0.4 is 4.90 Å². The van der Waals surface area contributed by atoms with Crippen LogP contribution >= 0.6 is 0 Å². The Kier molecular flexibility index (Phi) is 11.0. The lowest BCUT2D eigenvalue weighted by Gasteiger charge is -2.27. The Morgan fingerprint density at radius 1 is 0.483 bits per heavy atom. The summed E-state index contributed by atoms with van der Waals surface area (Å²) >= 11 is 0. The zero-order chi connectivity index (χ0) is 42.0. The molecule has 2 aromatic heterocycles. The molecule has 298 valence electrons. The minimum absolute atomic E-state index is 0.132. The Labute approximate surface area is 355 Å². The SMILES string of the molecule is CC(c1ccccc1)c1ccc(-c2ccnc(N(c3ccccc3)c3cccc(-c4cc(-c5ccccc5)cc(-c5cc(C(C)(C)C)cc(C(C)(C)C)c5O)n4)c3)c2)cc1. The van der Waals surface area contributed by atoms with Crippen molar-refractivity contribution in [2.24, 2.45) is 0 Å². The van der Waals surface area contributed by atoms with Crippen molar-refractivity contribution in [3.05, 3.63) is 204 Å². The molecule has 1 unspecified atom stereocenters. The average Bonchev–Trinajstić information content (AvgIpc) is 3.26. The highest BCUT2D eigenvalue weighted by Gasteiger charge is 2.27. The van der Waals surface area contributed by atoms with Crippen LogP contribution in [-0.4, -0.2) is 15.1 Å². The van der Waals surface area contributed by atoms with Crippen LogP contribution in [0.25, 0.3) is 44.8 Å². The summed E-state index contributed by atoms with van der Waals surface area (Å²) in [6, 6.07) is 61.6. The van der Waals surface area contributed by atoms with Gasteiger partial charge in [-0.15, -0.1) is 0 Å². The first kappa shape index (κ1) is 40.0. The molecule has 0 bridgehead atoms. The minimum Gasteiger partial charge on any atom is -0.507 e. The highest BCUT2D eigenvalue weighted by Crippen LogP contribution is 2.44. The van der Waals surface area contributed by atoms with Gasteiger partial charge in [0.1, 0.15) is 11.6 Å². The van der Waals surface area contributed by atoms with Gasteiger partial charge in [0.05, 0.1) is 11.4 Å². The summed E-state index contributed by atoms with van der Waals surface area (Å²) in [6.45, 7) is 15.3. The molecular formula is C56H53N3O. The maximum atomic E-state index is 12.0. The number of phenols is 1. The summed E-state index contributed by atoms with van der Waals surface area (Å²) in [6.07, 6.45) is 1.89. The van der Waals surface area contributed by atoms with E-state index in [1.54, 1.807) is 0 Å². The van der Waals surface area contributed by atoms with Gasteiger partial charge >= 0.3 is 0 Å². The average molecular weight is 784 g/mol. The molecule has 2 heterocycles. The van der Waals surface area contributed by atoms with E-state index < -0.39 is 0 Å². The molecule has 0 saturated heterocycles. The number of phenolic OH excluding ortho intramolecular Hbond substituents is 1. The number of aromatic nitrogens is 2. The molecule has 8 rings (SSSR count). The Hall–Kier alpha value is -6.78. The monoisotopic (exact) mass is 783 g/mol. The summed E-state index contributed by atoms with van der Waals surface area (Å²) in [4.78, 5) is 12.5. The molecule has 1 atom stereocenters. The van der Waals surface area contributed by atoms with E-state index in [1.165, 1.54) is 11.1 Å². The second-order valence-electron chi connectivity index (χ2n) is 17.8. The quantitative estimate of drug-likeness (QED) is 0.158. The molecule has 0 radical (unpaired) electrons. The van der Waals surface area contributed by atoms with Gasteiger partial charge in [-0.1, -0.05) is 170 Å². The van der Waals surface area contributed by atoms with Crippen molar-refractivity contribution in [3.63, 3.8) is 0 Å². The predicted molar refractivity (Wildman–Crippen MR) is 251 cm³/mol. The second-order valence-corrected chi connectivity index (χ2v) is 17.8. The fourth-order valence-corrected chi connectivity index (χ4v) is 7.86. The Bertz CT molecular complexity index is 2730. The van der Waals surface area contributed by atoms with Crippen LogP contribution in [0.2, 0.25) is 0 Å². The van der Waals surface area contributed by atoms with Crippen molar-refractivity contribution in [1.82, 2.24) is 9.97 Å². The van der Waals surface area contributed by atoms with E-state index >= 15 is 0 Å². The third-order valence-electron chi connectivity index (χ3n) is 11.4. The van der Waals surface area contributed by atoms with Crippen molar-refractivity contribution in [3.8, 4) is 50.5 Å². The zero-order valence-electron chi connectivity index (χ0n) is 35.7. The maximum absolute atomic E-state index is 12.0. The van der Waals surface area contributed by atoms with E-state index in [9.17, 15) is 5.11 Å². The van der Waals surface area contributed by atoms with E-state index in [0.29, 0.717) is 5.92 Å². The fourth-order valence-electron chi connectivity index (χ4n) is 7.86. The van der Waals surface area contributed by atoms with Crippen LogP contribution in [0.5, 0.6) is 5.75 Å². The number of pyridine rings is 2. The van der Waals surface area contributed by atoms with Gasteiger partial charge in [-0.3, -0.25) is 4.90 Å². The highest BCUT2D eigenvalue weighted by molar-refractivity contribution is 5.83. The minimum atomic E-state index is -0.273. The Morgan fingerprint density at radius 2 is 1.07 bits per heavy atom. The number of aromatic hydroxyl groups is 1. The third-order valence-corrected chi connectivity index (χ3v) is 11.4. The highest BCUT2D eigenvalue weighted by atomic mass is 16.3. The first-order valence-electron chi connectivity index (χ1n) is 20.9. The number of anilines is 3. The molecule has 0 aliphatic rings. The van der Waals surface area contributed by atoms with Crippen molar-refractivity contribution in [1.29, 1.82) is 0 Å². The maximum Gasteiger partial charge on any atom is 0.138 e. The van der Waals surface area contributed by atoms with Crippen molar-refractivity contribution < 1.29 is 5.11 Å². The summed E-state index contributed by atoms with van der Waals surface area (Å²) in [5.74, 6) is 1.38. The van der Waals surface area contributed by atoms with Crippen LogP contribution in [0.3, 0.4) is 0 Å². The lowest BCUT2D eigenvalue weighted by Crippen LogP contribution is -2.17. The lowest BCUT2D eigenvalue weighted by atomic mass is 9.78. The van der Waals surface area contributed by atoms with Crippen LogP contribution in [0.15, 0.2) is 182 Å². The number of rotatable bonds is 9. The van der Waals surface area contributed by atoms with E-state index in [1.807, 2.05) is 18.3 Å². The van der Waals surface area contributed by atoms with Gasteiger partial charge < -0.3 is 5.11 Å². The molecule has 0 fully saturated rings. The molecule has 0 spiro atoms. The van der Waals surface area contributed by atoms with Gasteiger partial charge in [0.2, 0.25) is 0 Å². The first-order chi connectivity index (χ1) is 28.8. The molecule has 60 heavy (non-hydrogen) atoms. The van der Waals surface area contributed by atoms with Gasteiger partial charge in [-0.2, -0.15) is 0 Å². The molecule has 4 nitrogen and oxygen atoms in total. The summed E-state index contributed by atoms with van der Waals surface area (Å²) in [5.41, 5.74) is 13.7. The van der Waals surface area contributed by atoms with Gasteiger partial charge in [0, 0.05) is 40.2 Å². The number of para-hydroxylation sites is 1. The fraction of sp³-hybridized carbons (Fsp3) is 0.179. The van der Waals surface area contributed by atoms with Gasteiger partial charge in [0.25, 0.3) is 0 Å². The molecule has 0 saturated carbocycles. The smallest absolute Gasteiger partial charge is 0.138 e. The van der Waals surface area contributed by atoms with Crippen LogP contribution in [0.1, 0.15) is 76.6 Å². The predicted octanol–water partition coefficient (Wildman–Crippen LogP) is 15.1. The number of benzene rings is 6. The third kappa shape index (κ3) is 8.51. The van der Waals surface area contributed by atoms with Crippen molar-refractivity contribution >= 4 is 17.2 Å². The van der Waals surface area contributed by atoms with E-state index in [-0.39, 0.29) is 16.6 Å². The van der Waals surface area contributed by atoms with Crippen molar-refractivity contribution in [2.45, 2.75) is 65.2 Å². The topological polar surface area (TPSA) is 49.2 Å². The second kappa shape index (κ2) is 16.5. The molecular weight excluding hydrogens is 731 g/mol. The Balaban J connectivity index is 1.23. The molecule has 1 N–H and O–H groups in total. The van der Waals surface area contributed by atoms with Gasteiger partial charge in [-0.25, -0.2) is 9.97 Å². The first-order valence-corrected chi connectivity index (χ1v) is 20.9. The van der Waals surface area contributed by atoms with Crippen molar-refractivity contribution in [2.75, 3.05) is 4.90 Å². The number of hydrogen-bond donors (Lipinski definition) is 1. The van der Waals surface area contributed by atoms with Crippen LogP contribution in [0.4, 0.5) is 17.2 Å². The molecule has 8 aromatic rings. The molecule has 6 aromatic carbocycles. The van der Waals surface area contributed by atoms with E-state index in [2.05, 4.69) is 217 Å². The van der Waals surface area contributed by atoms with Gasteiger partial charge in [0.15, 0.2) is 0 Å². The molecule has 0 aliphatic heterocycles. The largest absolute Gasteiger partial charge is 0.507 e. The lowest BCUT2D eigenvalue weighted by molar-refractivity contribution is 0.446. The summed E-state index contributed by atoms with van der Waals surface area (Å²) in [7, 11) is 0. The molecule has 0 aliphatic carbocycles. The summed E-state index contributed by atoms with van der Waals surface area (Å²) < 4.78 is 0. The number of hydrogen-bond acceptors (Lipinski definition) is 4. The Morgan fingerprint density at radius 3 is 1.73 bits per heavy atom. The van der Waals surface area contributed by atoms with Crippen LogP contribution in [0, 0.1) is 0 Å². The van der Waals surface area contributed by atoms with Gasteiger partial charge in [-0.05, 0) is 104 Å². The standard InChI is InChI=1S/C56H53N3O/c1-38(39-18-11-8-12-19-39)40-26-28-42(29-27-40)43-30-31-57-53(35-43)59(47-23-15-10-16-24-47)48-25-17-22-44(32-48)51-33-45(41-20-13-9-14-21-41)34-52(58-51)49-36-46(55(2,3)4)37-50(54(49)60)56(5,6)7/h8-38,60H,1-7H3. The number of nitrogens with zero attached hydrogens (tertiary/aromatic N) is 3.